The molecule has 32 heavy (non-hydrogen) atoms. The van der Waals surface area contributed by atoms with Crippen LogP contribution in [0, 0.1) is 0 Å². The van der Waals surface area contributed by atoms with Crippen molar-refractivity contribution >= 4 is 29.5 Å². The van der Waals surface area contributed by atoms with Crippen LogP contribution in [0.2, 0.25) is 0 Å². The number of likely N-dealkylation sites (tertiary alicyclic amines) is 1. The molecule has 2 aromatic heterocycles. The van der Waals surface area contributed by atoms with E-state index in [9.17, 15) is 14.7 Å². The molecule has 3 heterocycles. The van der Waals surface area contributed by atoms with Crippen LogP contribution in [0.5, 0.6) is 0 Å². The molecule has 0 aromatic carbocycles. The first-order valence-electron chi connectivity index (χ1n) is 10.9. The smallest absolute Gasteiger partial charge is 0.407 e. The standard InChI is InChI=1S/C21H30N8O3/c1-21(2,3)16-15(11-29(27-16)13-5-4-8-28(10-13)20(31)32)25-19-23-9-14(17(22)30)18(26-19)24-12-6-7-12/h9,11-13H,4-8,10H2,1-3H3,(H2,22,30)(H,31,32)(H2,23,24,25,26)/t13-/m0/s1. The largest absolute Gasteiger partial charge is 0.465 e. The van der Waals surface area contributed by atoms with Gasteiger partial charge >= 0.3 is 6.09 Å². The number of nitrogens with one attached hydrogen (secondary N) is 2. The number of carbonyl (C=O) groups excluding carboxylic acids is 1. The number of primary amides is 1. The minimum atomic E-state index is -0.908. The zero-order valence-electron chi connectivity index (χ0n) is 18.6. The average Bonchev–Trinajstić information content (AvgIpc) is 3.43. The van der Waals surface area contributed by atoms with Gasteiger partial charge < -0.3 is 26.4 Å². The van der Waals surface area contributed by atoms with Crippen molar-refractivity contribution in [2.75, 3.05) is 23.7 Å². The van der Waals surface area contributed by atoms with Gasteiger partial charge in [-0.05, 0) is 25.7 Å². The van der Waals surface area contributed by atoms with E-state index >= 15 is 0 Å². The molecule has 0 unspecified atom stereocenters. The second-order valence-corrected chi connectivity index (χ2v) is 9.51. The Kier molecular flexibility index (Phi) is 5.66. The van der Waals surface area contributed by atoms with Gasteiger partial charge in [0, 0.05) is 36.9 Å². The van der Waals surface area contributed by atoms with E-state index in [1.54, 1.807) is 0 Å². The Morgan fingerprint density at radius 3 is 2.62 bits per heavy atom. The third-order valence-corrected chi connectivity index (χ3v) is 5.70. The van der Waals surface area contributed by atoms with Gasteiger partial charge in [-0.15, -0.1) is 0 Å². The maximum absolute atomic E-state index is 11.8. The number of nitrogens with two attached hydrogens (primary N) is 1. The van der Waals surface area contributed by atoms with Crippen molar-refractivity contribution in [1.29, 1.82) is 0 Å². The van der Waals surface area contributed by atoms with Gasteiger partial charge in [0.15, 0.2) is 0 Å². The fourth-order valence-corrected chi connectivity index (χ4v) is 3.84. The van der Waals surface area contributed by atoms with E-state index in [-0.39, 0.29) is 17.0 Å². The van der Waals surface area contributed by atoms with Crippen molar-refractivity contribution < 1.29 is 14.7 Å². The lowest BCUT2D eigenvalue weighted by atomic mass is 9.91. The maximum atomic E-state index is 11.8. The molecule has 2 fully saturated rings. The Labute approximate surface area is 186 Å². The Bertz CT molecular complexity index is 1020. The van der Waals surface area contributed by atoms with Gasteiger partial charge in [-0.2, -0.15) is 10.1 Å². The fourth-order valence-electron chi connectivity index (χ4n) is 3.84. The third-order valence-electron chi connectivity index (χ3n) is 5.70. The van der Waals surface area contributed by atoms with Gasteiger partial charge in [-0.1, -0.05) is 20.8 Å². The second kappa shape index (κ2) is 8.29. The summed E-state index contributed by atoms with van der Waals surface area (Å²) in [6.45, 7) is 7.13. The molecule has 1 atom stereocenters. The van der Waals surface area contributed by atoms with Crippen molar-refractivity contribution in [1.82, 2.24) is 24.6 Å². The summed E-state index contributed by atoms with van der Waals surface area (Å²) in [4.78, 5) is 33.4. The Balaban J connectivity index is 1.63. The quantitative estimate of drug-likeness (QED) is 0.533. The van der Waals surface area contributed by atoms with Crippen LogP contribution in [0.15, 0.2) is 12.4 Å². The van der Waals surface area contributed by atoms with Crippen LogP contribution < -0.4 is 16.4 Å². The number of piperidine rings is 1. The zero-order valence-corrected chi connectivity index (χ0v) is 18.6. The number of hydrogen-bond donors (Lipinski definition) is 4. The molecule has 0 radical (unpaired) electrons. The van der Waals surface area contributed by atoms with Crippen molar-refractivity contribution in [3.05, 3.63) is 23.7 Å². The maximum Gasteiger partial charge on any atom is 0.407 e. The van der Waals surface area contributed by atoms with E-state index in [4.69, 9.17) is 10.8 Å². The summed E-state index contributed by atoms with van der Waals surface area (Å²) in [5.41, 5.74) is 7.03. The van der Waals surface area contributed by atoms with E-state index in [2.05, 4.69) is 41.4 Å². The van der Waals surface area contributed by atoms with Crippen LogP contribution >= 0.6 is 0 Å². The first-order chi connectivity index (χ1) is 15.1. The predicted octanol–water partition coefficient (Wildman–Crippen LogP) is 2.70. The number of rotatable bonds is 6. The molecule has 0 bridgehead atoms. The van der Waals surface area contributed by atoms with Crippen LogP contribution in [0.3, 0.4) is 0 Å². The van der Waals surface area contributed by atoms with Crippen LogP contribution in [0.25, 0.3) is 0 Å². The Morgan fingerprint density at radius 1 is 1.25 bits per heavy atom. The van der Waals surface area contributed by atoms with Crippen molar-refractivity contribution in [2.45, 2.75) is 64.0 Å². The van der Waals surface area contributed by atoms with Crippen LogP contribution in [0.4, 0.5) is 22.2 Å². The van der Waals surface area contributed by atoms with Crippen LogP contribution in [-0.2, 0) is 5.41 Å². The molecule has 1 saturated heterocycles. The lowest BCUT2D eigenvalue weighted by Crippen LogP contribution is -2.40. The molecule has 1 aliphatic carbocycles. The SMILES string of the molecule is CC(C)(C)c1nn([C@H]2CCCN(C(=O)O)C2)cc1Nc1ncc(C(N)=O)c(NC2CC2)n1. The van der Waals surface area contributed by atoms with Crippen molar-refractivity contribution in [2.24, 2.45) is 5.73 Å². The topological polar surface area (TPSA) is 151 Å². The lowest BCUT2D eigenvalue weighted by Gasteiger charge is -2.30. The average molecular weight is 443 g/mol. The summed E-state index contributed by atoms with van der Waals surface area (Å²) in [6, 6.07) is 0.258. The van der Waals surface area contributed by atoms with E-state index in [0.29, 0.717) is 30.9 Å². The van der Waals surface area contributed by atoms with E-state index in [1.165, 1.54) is 11.1 Å². The summed E-state index contributed by atoms with van der Waals surface area (Å²) in [5.74, 6) is 0.175. The number of anilines is 3. The van der Waals surface area contributed by atoms with Gasteiger partial charge in [-0.3, -0.25) is 9.48 Å². The molecule has 11 heteroatoms. The second-order valence-electron chi connectivity index (χ2n) is 9.51. The Morgan fingerprint density at radius 2 is 2.00 bits per heavy atom. The van der Waals surface area contributed by atoms with Crippen molar-refractivity contribution in [3.63, 3.8) is 0 Å². The summed E-state index contributed by atoms with van der Waals surface area (Å²) >= 11 is 0. The monoisotopic (exact) mass is 442 g/mol. The van der Waals surface area contributed by atoms with Crippen molar-refractivity contribution in [3.8, 4) is 0 Å². The minimum Gasteiger partial charge on any atom is -0.465 e. The summed E-state index contributed by atoms with van der Waals surface area (Å²) in [6.07, 6.45) is 6.11. The molecular weight excluding hydrogens is 412 g/mol. The number of hydrogen-bond acceptors (Lipinski definition) is 7. The van der Waals surface area contributed by atoms with E-state index in [1.807, 2.05) is 10.9 Å². The number of carbonyl (C=O) groups is 2. The molecule has 2 aliphatic rings. The summed E-state index contributed by atoms with van der Waals surface area (Å²) in [7, 11) is 0. The van der Waals surface area contributed by atoms with E-state index in [0.717, 1.165) is 37.1 Å². The molecule has 172 valence electrons. The molecule has 0 spiro atoms. The first kappa shape index (κ1) is 21.8. The summed E-state index contributed by atoms with van der Waals surface area (Å²) in [5, 5.41) is 20.7. The molecule has 2 aromatic rings. The molecule has 2 amide bonds. The highest BCUT2D eigenvalue weighted by Gasteiger charge is 2.29. The van der Waals surface area contributed by atoms with Gasteiger partial charge in [0.25, 0.3) is 5.91 Å². The van der Waals surface area contributed by atoms with Crippen LogP contribution in [0.1, 0.15) is 68.5 Å². The molecule has 1 saturated carbocycles. The Hall–Kier alpha value is -3.37. The molecule has 1 aliphatic heterocycles. The number of carboxylic acid groups (broad SMARTS) is 1. The third kappa shape index (κ3) is 4.76. The van der Waals surface area contributed by atoms with Gasteiger partial charge in [0.1, 0.15) is 5.82 Å². The van der Waals surface area contributed by atoms with E-state index < -0.39 is 12.0 Å². The minimum absolute atomic E-state index is 0.0400. The highest BCUT2D eigenvalue weighted by molar-refractivity contribution is 5.97. The summed E-state index contributed by atoms with van der Waals surface area (Å²) < 4.78 is 1.85. The molecule has 4 rings (SSSR count). The van der Waals surface area contributed by atoms with Gasteiger partial charge in [0.2, 0.25) is 5.95 Å². The molecular formula is C21H30N8O3. The van der Waals surface area contributed by atoms with Gasteiger partial charge in [0.05, 0.1) is 23.0 Å². The van der Waals surface area contributed by atoms with Crippen LogP contribution in [-0.4, -0.2) is 60.9 Å². The predicted molar refractivity (Wildman–Crippen MR) is 119 cm³/mol. The highest BCUT2D eigenvalue weighted by Crippen LogP contribution is 2.33. The normalized spacial score (nSPS) is 19.0. The number of amides is 2. The first-order valence-corrected chi connectivity index (χ1v) is 10.9. The molecule has 5 N–H and O–H groups in total. The number of nitrogens with zero attached hydrogens (tertiary/aromatic N) is 5. The fraction of sp³-hybridized carbons (Fsp3) is 0.571. The highest BCUT2D eigenvalue weighted by atomic mass is 16.4. The zero-order chi connectivity index (χ0) is 23.0. The number of aromatic nitrogens is 4. The molecule has 11 nitrogen and oxygen atoms in total. The lowest BCUT2D eigenvalue weighted by molar-refractivity contribution is 0.1000. The van der Waals surface area contributed by atoms with Gasteiger partial charge in [-0.25, -0.2) is 9.78 Å².